The predicted octanol–water partition coefficient (Wildman–Crippen LogP) is 2.54. The Morgan fingerprint density at radius 2 is 2.08 bits per heavy atom. The lowest BCUT2D eigenvalue weighted by Crippen LogP contribution is -1.80. The van der Waals surface area contributed by atoms with Crippen LogP contribution in [0.5, 0.6) is 5.95 Å². The fraction of sp³-hybridized carbons (Fsp3) is 0.600. The van der Waals surface area contributed by atoms with Crippen LogP contribution in [-0.2, 0) is 0 Å². The number of hydrogen-bond donors (Lipinski definition) is 2. The van der Waals surface area contributed by atoms with Gasteiger partial charge in [0.15, 0.2) is 0 Å². The normalized spacial score (nSPS) is 9.08. The lowest BCUT2D eigenvalue weighted by atomic mass is 10.2. The molecule has 0 spiro atoms. The minimum absolute atomic E-state index is 0.0324. The molecule has 0 amide bonds. The van der Waals surface area contributed by atoms with E-state index in [2.05, 4.69) is 11.3 Å². The lowest BCUT2D eigenvalue weighted by Gasteiger charge is -1.90. The molecular formula is C10H18O3. The number of unbranched alkanes of at least 4 members (excludes halogenated alkanes) is 3. The molecule has 0 saturated carbocycles. The average molecular weight is 186 g/mol. The highest BCUT2D eigenvalue weighted by molar-refractivity contribution is 5.00. The highest BCUT2D eigenvalue weighted by Gasteiger charge is 1.81. The van der Waals surface area contributed by atoms with Crippen molar-refractivity contribution in [1.29, 1.82) is 0 Å². The summed E-state index contributed by atoms with van der Waals surface area (Å²) in [5.74, 6) is -0.0324. The third-order valence-corrected chi connectivity index (χ3v) is 1.52. The highest BCUT2D eigenvalue weighted by Crippen LogP contribution is 2.04. The molecule has 76 valence electrons. The summed E-state index contributed by atoms with van der Waals surface area (Å²) >= 11 is 0. The minimum Gasteiger partial charge on any atom is -0.481 e. The van der Waals surface area contributed by atoms with Gasteiger partial charge in [-0.05, 0) is 12.5 Å². The van der Waals surface area contributed by atoms with Crippen LogP contribution < -0.4 is 0 Å². The molecule has 0 aliphatic heterocycles. The van der Waals surface area contributed by atoms with Crippen molar-refractivity contribution in [2.45, 2.75) is 32.6 Å². The molecule has 0 aliphatic rings. The molecule has 0 fully saturated rings. The minimum atomic E-state index is -0.0324. The van der Waals surface area contributed by atoms with Gasteiger partial charge in [-0.15, -0.1) is 0 Å². The van der Waals surface area contributed by atoms with Crippen LogP contribution in [0, 0.1) is 0 Å². The molecule has 3 heteroatoms. The van der Waals surface area contributed by atoms with E-state index in [1.165, 1.54) is 31.6 Å². The van der Waals surface area contributed by atoms with Gasteiger partial charge in [-0.25, -0.2) is 0 Å². The molecule has 0 aromatic carbocycles. The first-order valence-corrected chi connectivity index (χ1v) is 4.64. The first-order valence-electron chi connectivity index (χ1n) is 4.64. The summed E-state index contributed by atoms with van der Waals surface area (Å²) in [7, 11) is 0. The molecule has 3 nitrogen and oxygen atoms in total. The zero-order valence-corrected chi connectivity index (χ0v) is 8.07. The van der Waals surface area contributed by atoms with Crippen molar-refractivity contribution in [1.82, 2.24) is 0 Å². The van der Waals surface area contributed by atoms with Crippen LogP contribution >= 0.6 is 0 Å². The van der Waals surface area contributed by atoms with E-state index in [9.17, 15) is 0 Å². The number of aromatic hydroxyl groups is 1. The van der Waals surface area contributed by atoms with Crippen LogP contribution in [0.4, 0.5) is 0 Å². The zero-order valence-electron chi connectivity index (χ0n) is 8.07. The molecule has 1 heterocycles. The Morgan fingerprint density at radius 3 is 2.38 bits per heavy atom. The molecular weight excluding hydrogens is 168 g/mol. The standard InChI is InChI=1S/C6H14O.C4H4O2/c1-2-3-4-5-6-7;5-4-2-1-3-6-4/h7H,2-6H2,1H3;1-3,5H. The van der Waals surface area contributed by atoms with Crippen LogP contribution in [0.1, 0.15) is 32.6 Å². The Balaban J connectivity index is 0.000000223. The summed E-state index contributed by atoms with van der Waals surface area (Å²) in [5, 5.41) is 16.6. The van der Waals surface area contributed by atoms with Gasteiger partial charge in [0, 0.05) is 12.7 Å². The van der Waals surface area contributed by atoms with Gasteiger partial charge in [-0.1, -0.05) is 26.2 Å². The Kier molecular flexibility index (Phi) is 8.46. The van der Waals surface area contributed by atoms with Gasteiger partial charge in [0.1, 0.15) is 0 Å². The molecule has 0 aliphatic carbocycles. The maximum Gasteiger partial charge on any atom is 0.281 e. The van der Waals surface area contributed by atoms with Crippen molar-refractivity contribution in [2.24, 2.45) is 0 Å². The lowest BCUT2D eigenvalue weighted by molar-refractivity contribution is 0.283. The van der Waals surface area contributed by atoms with Crippen molar-refractivity contribution in [3.63, 3.8) is 0 Å². The fourth-order valence-electron chi connectivity index (χ4n) is 0.808. The van der Waals surface area contributed by atoms with Gasteiger partial charge >= 0.3 is 0 Å². The van der Waals surface area contributed by atoms with E-state index in [-0.39, 0.29) is 5.95 Å². The predicted molar refractivity (Wildman–Crippen MR) is 51.6 cm³/mol. The maximum absolute atomic E-state index is 8.31. The number of aliphatic hydroxyl groups is 1. The van der Waals surface area contributed by atoms with E-state index >= 15 is 0 Å². The molecule has 2 N–H and O–H groups in total. The highest BCUT2D eigenvalue weighted by atomic mass is 16.5. The molecule has 0 radical (unpaired) electrons. The molecule has 1 rings (SSSR count). The number of hydrogen-bond acceptors (Lipinski definition) is 3. The van der Waals surface area contributed by atoms with Gasteiger partial charge in [0.25, 0.3) is 5.95 Å². The van der Waals surface area contributed by atoms with Gasteiger partial charge in [0.2, 0.25) is 0 Å². The van der Waals surface area contributed by atoms with Gasteiger partial charge in [-0.2, -0.15) is 0 Å². The molecule has 1 aromatic heterocycles. The molecule has 13 heavy (non-hydrogen) atoms. The SMILES string of the molecule is CCCCCCO.Oc1ccco1. The molecule has 0 atom stereocenters. The first kappa shape index (κ1) is 12.0. The van der Waals surface area contributed by atoms with Crippen LogP contribution in [0.15, 0.2) is 22.8 Å². The third kappa shape index (κ3) is 8.95. The number of furan rings is 1. The molecule has 0 unspecified atom stereocenters. The zero-order chi connectivity index (χ0) is 9.94. The average Bonchev–Trinajstić information content (AvgIpc) is 2.58. The summed E-state index contributed by atoms with van der Waals surface area (Å²) in [6.07, 6.45) is 6.09. The first-order chi connectivity index (χ1) is 6.31. The van der Waals surface area contributed by atoms with E-state index in [0.29, 0.717) is 6.61 Å². The van der Waals surface area contributed by atoms with Gasteiger partial charge in [0.05, 0.1) is 6.26 Å². The summed E-state index contributed by atoms with van der Waals surface area (Å²) in [6.45, 7) is 2.53. The Bertz CT molecular complexity index is 166. The summed E-state index contributed by atoms with van der Waals surface area (Å²) in [6, 6.07) is 3.09. The second-order valence-corrected chi connectivity index (χ2v) is 2.74. The van der Waals surface area contributed by atoms with Crippen LogP contribution in [0.25, 0.3) is 0 Å². The van der Waals surface area contributed by atoms with Crippen LogP contribution in [0.3, 0.4) is 0 Å². The van der Waals surface area contributed by atoms with E-state index < -0.39 is 0 Å². The largest absolute Gasteiger partial charge is 0.481 e. The number of aliphatic hydroxyl groups excluding tert-OH is 1. The van der Waals surface area contributed by atoms with Crippen molar-refractivity contribution in [3.8, 4) is 5.95 Å². The maximum atomic E-state index is 8.31. The summed E-state index contributed by atoms with van der Waals surface area (Å²) < 4.78 is 4.39. The van der Waals surface area contributed by atoms with Crippen LogP contribution in [-0.4, -0.2) is 16.8 Å². The van der Waals surface area contributed by atoms with E-state index in [4.69, 9.17) is 10.2 Å². The molecule has 1 aromatic rings. The van der Waals surface area contributed by atoms with Crippen molar-refractivity contribution < 1.29 is 14.6 Å². The second-order valence-electron chi connectivity index (χ2n) is 2.74. The van der Waals surface area contributed by atoms with E-state index in [0.717, 1.165) is 6.42 Å². The summed E-state index contributed by atoms with van der Waals surface area (Å²) in [4.78, 5) is 0. The second kappa shape index (κ2) is 9.13. The Hall–Kier alpha value is -0.960. The van der Waals surface area contributed by atoms with Gasteiger partial charge in [-0.3, -0.25) is 0 Å². The third-order valence-electron chi connectivity index (χ3n) is 1.52. The van der Waals surface area contributed by atoms with E-state index in [1.807, 2.05) is 0 Å². The van der Waals surface area contributed by atoms with E-state index in [1.54, 1.807) is 6.07 Å². The molecule has 0 bridgehead atoms. The van der Waals surface area contributed by atoms with Crippen molar-refractivity contribution >= 4 is 0 Å². The smallest absolute Gasteiger partial charge is 0.281 e. The Morgan fingerprint density at radius 1 is 1.31 bits per heavy atom. The summed E-state index contributed by atoms with van der Waals surface area (Å²) in [5.41, 5.74) is 0. The quantitative estimate of drug-likeness (QED) is 0.710. The monoisotopic (exact) mass is 186 g/mol. The molecule has 0 saturated heterocycles. The fourth-order valence-corrected chi connectivity index (χ4v) is 0.808. The van der Waals surface area contributed by atoms with Crippen molar-refractivity contribution in [3.05, 3.63) is 18.4 Å². The van der Waals surface area contributed by atoms with Crippen LogP contribution in [0.2, 0.25) is 0 Å². The number of rotatable bonds is 4. The van der Waals surface area contributed by atoms with Crippen molar-refractivity contribution in [2.75, 3.05) is 6.61 Å². The Labute approximate surface area is 79.0 Å². The topological polar surface area (TPSA) is 53.6 Å². The van der Waals surface area contributed by atoms with Gasteiger partial charge < -0.3 is 14.6 Å².